The van der Waals surface area contributed by atoms with Gasteiger partial charge in [-0.1, -0.05) is 6.07 Å². The fourth-order valence-corrected chi connectivity index (χ4v) is 2.96. The van der Waals surface area contributed by atoms with Crippen LogP contribution < -0.4 is 4.90 Å². The molecular weight excluding hydrogens is 308 g/mol. The monoisotopic (exact) mass is 326 g/mol. The maximum atomic E-state index is 10.6. The van der Waals surface area contributed by atoms with Crippen LogP contribution in [0.4, 0.5) is 5.69 Å². The van der Waals surface area contributed by atoms with Gasteiger partial charge in [0, 0.05) is 25.5 Å². The van der Waals surface area contributed by atoms with Crippen molar-refractivity contribution in [2.24, 2.45) is 0 Å². The molecule has 7 nitrogen and oxygen atoms in total. The molecule has 0 atom stereocenters. The average molecular weight is 326 g/mol. The number of piperidine rings is 1. The summed E-state index contributed by atoms with van der Waals surface area (Å²) in [6.45, 7) is 1.19. The first-order valence-corrected chi connectivity index (χ1v) is 7.80. The predicted octanol–water partition coefficient (Wildman–Crippen LogP) is 1.81. The molecule has 1 saturated heterocycles. The van der Waals surface area contributed by atoms with E-state index in [0.717, 1.165) is 37.3 Å². The molecule has 0 amide bonds. The number of benzene rings is 1. The summed E-state index contributed by atoms with van der Waals surface area (Å²) in [5.74, 6) is -0.948. The summed E-state index contributed by atoms with van der Waals surface area (Å²) >= 11 is 0. The van der Waals surface area contributed by atoms with Gasteiger partial charge in [0.1, 0.15) is 18.2 Å². The smallest absolute Gasteiger partial charge is 0.329 e. The highest BCUT2D eigenvalue weighted by molar-refractivity contribution is 5.68. The number of carbonyl (C=O) groups is 1. The molecule has 2 aromatic rings. The summed E-state index contributed by atoms with van der Waals surface area (Å²) in [5, 5.41) is 22.5. The molecule has 0 saturated carbocycles. The van der Waals surface area contributed by atoms with Gasteiger partial charge in [0.15, 0.2) is 0 Å². The number of aromatic nitrogens is 2. The fraction of sp³-hybridized carbons (Fsp3) is 0.353. The number of nitrogens with zero attached hydrogens (tertiary/aromatic N) is 4. The number of hydrogen-bond acceptors (Lipinski definition) is 5. The summed E-state index contributed by atoms with van der Waals surface area (Å²) in [6.07, 6.45) is 4.93. The van der Waals surface area contributed by atoms with Gasteiger partial charge in [-0.05, 0) is 31.0 Å². The molecule has 1 N–H and O–H groups in total. The van der Waals surface area contributed by atoms with Crippen LogP contribution in [0.5, 0.6) is 0 Å². The van der Waals surface area contributed by atoms with Crippen LogP contribution in [0.3, 0.4) is 0 Å². The van der Waals surface area contributed by atoms with E-state index in [1.165, 1.54) is 0 Å². The van der Waals surface area contributed by atoms with E-state index in [-0.39, 0.29) is 12.7 Å². The van der Waals surface area contributed by atoms with E-state index in [4.69, 9.17) is 9.84 Å². The maximum absolute atomic E-state index is 10.6. The molecule has 0 unspecified atom stereocenters. The minimum Gasteiger partial charge on any atom is -0.480 e. The minimum absolute atomic E-state index is 0.0443. The molecule has 1 aromatic heterocycles. The van der Waals surface area contributed by atoms with Crippen molar-refractivity contribution < 1.29 is 14.6 Å². The molecule has 3 rings (SSSR count). The number of nitriles is 1. The topological polar surface area (TPSA) is 91.4 Å². The molecule has 24 heavy (non-hydrogen) atoms. The van der Waals surface area contributed by atoms with E-state index in [1.807, 2.05) is 30.5 Å². The molecule has 0 aliphatic carbocycles. The standard InChI is InChI=1S/C17H18N4O3/c18-11-14-15(3-1-4-16(14)21-8-2-7-19-21)20-9-5-13(6-10-20)24-12-17(22)23/h1-4,7-8,13H,5-6,9-10,12H2,(H,22,23). The van der Waals surface area contributed by atoms with Crippen LogP contribution in [0.2, 0.25) is 0 Å². The van der Waals surface area contributed by atoms with Crippen molar-refractivity contribution in [2.75, 3.05) is 24.6 Å². The van der Waals surface area contributed by atoms with Gasteiger partial charge in [0.25, 0.3) is 0 Å². The van der Waals surface area contributed by atoms with E-state index in [1.54, 1.807) is 10.9 Å². The lowest BCUT2D eigenvalue weighted by atomic mass is 10.0. The first-order valence-electron chi connectivity index (χ1n) is 7.80. The normalized spacial score (nSPS) is 15.2. The molecule has 0 radical (unpaired) electrons. The van der Waals surface area contributed by atoms with Gasteiger partial charge in [-0.2, -0.15) is 10.4 Å². The summed E-state index contributed by atoms with van der Waals surface area (Å²) in [5.41, 5.74) is 2.22. The van der Waals surface area contributed by atoms with Crippen LogP contribution in [0.1, 0.15) is 18.4 Å². The van der Waals surface area contributed by atoms with Gasteiger partial charge < -0.3 is 14.7 Å². The number of aliphatic carboxylic acids is 1. The van der Waals surface area contributed by atoms with Crippen LogP contribution in [-0.2, 0) is 9.53 Å². The van der Waals surface area contributed by atoms with Crippen LogP contribution in [-0.4, -0.2) is 46.7 Å². The molecule has 0 bridgehead atoms. The second-order valence-corrected chi connectivity index (χ2v) is 5.62. The van der Waals surface area contributed by atoms with Crippen molar-refractivity contribution in [2.45, 2.75) is 18.9 Å². The largest absolute Gasteiger partial charge is 0.480 e. The summed E-state index contributed by atoms with van der Waals surface area (Å²) in [6, 6.07) is 9.83. The van der Waals surface area contributed by atoms with E-state index < -0.39 is 5.97 Å². The number of carboxylic acids is 1. The van der Waals surface area contributed by atoms with Crippen LogP contribution in [0, 0.1) is 11.3 Å². The zero-order valence-electron chi connectivity index (χ0n) is 13.1. The van der Waals surface area contributed by atoms with Gasteiger partial charge in [-0.25, -0.2) is 9.48 Å². The third-order valence-electron chi connectivity index (χ3n) is 4.11. The van der Waals surface area contributed by atoms with Crippen molar-refractivity contribution in [1.82, 2.24) is 9.78 Å². The van der Waals surface area contributed by atoms with E-state index in [0.29, 0.717) is 5.56 Å². The Hall–Kier alpha value is -2.85. The first kappa shape index (κ1) is 16.0. The SMILES string of the molecule is N#Cc1c(N2CCC(OCC(=O)O)CC2)cccc1-n1cccn1. The molecule has 0 spiro atoms. The average Bonchev–Trinajstić information content (AvgIpc) is 3.14. The summed E-state index contributed by atoms with van der Waals surface area (Å²) in [7, 11) is 0. The van der Waals surface area contributed by atoms with Crippen molar-refractivity contribution in [3.05, 3.63) is 42.2 Å². The number of ether oxygens (including phenoxy) is 1. The zero-order chi connectivity index (χ0) is 16.9. The predicted molar refractivity (Wildman–Crippen MR) is 87.1 cm³/mol. The van der Waals surface area contributed by atoms with E-state index in [2.05, 4.69) is 16.1 Å². The summed E-state index contributed by atoms with van der Waals surface area (Å²) < 4.78 is 7.05. The molecule has 2 heterocycles. The Kier molecular flexibility index (Phi) is 4.77. The molecule has 1 aliphatic heterocycles. The van der Waals surface area contributed by atoms with Gasteiger partial charge in [0.2, 0.25) is 0 Å². The Bertz CT molecular complexity index is 744. The summed E-state index contributed by atoms with van der Waals surface area (Å²) in [4.78, 5) is 12.7. The Labute approximate surface area is 139 Å². The molecular formula is C17H18N4O3. The first-order chi connectivity index (χ1) is 11.7. The van der Waals surface area contributed by atoms with Gasteiger partial charge in [-0.15, -0.1) is 0 Å². The van der Waals surface area contributed by atoms with Crippen molar-refractivity contribution in [3.8, 4) is 11.8 Å². The van der Waals surface area contributed by atoms with E-state index in [9.17, 15) is 10.1 Å². The Balaban J connectivity index is 1.76. The van der Waals surface area contributed by atoms with Gasteiger partial charge >= 0.3 is 5.97 Å². The number of rotatable bonds is 5. The lowest BCUT2D eigenvalue weighted by molar-refractivity contribution is -0.144. The Morgan fingerprint density at radius 2 is 2.08 bits per heavy atom. The maximum Gasteiger partial charge on any atom is 0.329 e. The number of carboxylic acid groups (broad SMARTS) is 1. The Morgan fingerprint density at radius 1 is 1.33 bits per heavy atom. The molecule has 124 valence electrons. The second kappa shape index (κ2) is 7.15. The zero-order valence-corrected chi connectivity index (χ0v) is 13.1. The lowest BCUT2D eigenvalue weighted by Gasteiger charge is -2.34. The third-order valence-corrected chi connectivity index (χ3v) is 4.11. The van der Waals surface area contributed by atoms with E-state index >= 15 is 0 Å². The Morgan fingerprint density at radius 3 is 2.71 bits per heavy atom. The molecule has 1 aliphatic rings. The highest BCUT2D eigenvalue weighted by Crippen LogP contribution is 2.28. The highest BCUT2D eigenvalue weighted by Gasteiger charge is 2.23. The third kappa shape index (κ3) is 3.39. The van der Waals surface area contributed by atoms with Crippen LogP contribution in [0.15, 0.2) is 36.7 Å². The van der Waals surface area contributed by atoms with Gasteiger partial charge in [-0.3, -0.25) is 0 Å². The molecule has 1 fully saturated rings. The van der Waals surface area contributed by atoms with Crippen molar-refractivity contribution in [3.63, 3.8) is 0 Å². The van der Waals surface area contributed by atoms with Gasteiger partial charge in [0.05, 0.1) is 17.5 Å². The quantitative estimate of drug-likeness (QED) is 0.901. The highest BCUT2D eigenvalue weighted by atomic mass is 16.5. The van der Waals surface area contributed by atoms with Crippen LogP contribution in [0.25, 0.3) is 5.69 Å². The lowest BCUT2D eigenvalue weighted by Crippen LogP contribution is -2.38. The number of hydrogen-bond donors (Lipinski definition) is 1. The fourth-order valence-electron chi connectivity index (χ4n) is 2.96. The molecule has 1 aromatic carbocycles. The second-order valence-electron chi connectivity index (χ2n) is 5.62. The minimum atomic E-state index is -0.948. The van der Waals surface area contributed by atoms with Crippen molar-refractivity contribution >= 4 is 11.7 Å². The van der Waals surface area contributed by atoms with Crippen molar-refractivity contribution in [1.29, 1.82) is 5.26 Å². The van der Waals surface area contributed by atoms with Crippen LogP contribution >= 0.6 is 0 Å². The molecule has 7 heteroatoms. The number of anilines is 1.